The molecular formula is C29H19N7O6S. The number of nitro groups is 3. The Balaban J connectivity index is 1.51. The van der Waals surface area contributed by atoms with Crippen LogP contribution in [-0.2, 0) is 0 Å². The van der Waals surface area contributed by atoms with Crippen molar-refractivity contribution in [3.8, 4) is 22.5 Å². The number of non-ortho nitro benzene ring substituents is 2. The van der Waals surface area contributed by atoms with Gasteiger partial charge in [-0.05, 0) is 30.0 Å². The molecule has 0 bridgehead atoms. The number of hydrogen-bond donors (Lipinski definition) is 1. The van der Waals surface area contributed by atoms with E-state index in [1.54, 1.807) is 6.07 Å². The van der Waals surface area contributed by atoms with Crippen molar-refractivity contribution in [2.24, 2.45) is 5.10 Å². The van der Waals surface area contributed by atoms with E-state index in [0.29, 0.717) is 27.0 Å². The van der Waals surface area contributed by atoms with Gasteiger partial charge in [0.25, 0.3) is 11.4 Å². The molecule has 0 atom stereocenters. The minimum atomic E-state index is -0.777. The van der Waals surface area contributed by atoms with Crippen molar-refractivity contribution in [2.75, 3.05) is 5.43 Å². The van der Waals surface area contributed by atoms with E-state index in [9.17, 15) is 30.3 Å². The monoisotopic (exact) mass is 593 g/mol. The Morgan fingerprint density at radius 3 is 1.79 bits per heavy atom. The second-order valence-corrected chi connectivity index (χ2v) is 9.83. The van der Waals surface area contributed by atoms with E-state index in [4.69, 9.17) is 9.97 Å². The molecule has 5 rings (SSSR count). The number of nitrogens with one attached hydrogen (secondary N) is 1. The van der Waals surface area contributed by atoms with Gasteiger partial charge in [0.15, 0.2) is 5.16 Å². The normalized spacial score (nSPS) is 10.9. The summed E-state index contributed by atoms with van der Waals surface area (Å²) in [6.45, 7) is 0. The molecule has 43 heavy (non-hydrogen) atoms. The Hall–Kier alpha value is -6.02. The van der Waals surface area contributed by atoms with E-state index in [1.165, 1.54) is 18.3 Å². The standard InChI is InChI=1S/C29H19N7O6S/c37-34(38)22-12-14-28(21(15-22)18-30-33-24-13-11-23(35(39)40)16-27(24)36(41)42)43-29-31-25(19-7-3-1-4-8-19)17-26(32-29)20-9-5-2-6-10-20/h1-18,33H/b30-18-. The number of rotatable bonds is 10. The summed E-state index contributed by atoms with van der Waals surface area (Å²) in [5, 5.41) is 38.4. The Labute approximate surface area is 247 Å². The molecule has 13 nitrogen and oxygen atoms in total. The fraction of sp³-hybridized carbons (Fsp3) is 0. The third-order valence-corrected chi connectivity index (χ3v) is 6.98. The maximum atomic E-state index is 11.5. The molecule has 1 N–H and O–H groups in total. The highest BCUT2D eigenvalue weighted by molar-refractivity contribution is 7.99. The third kappa shape index (κ3) is 6.83. The van der Waals surface area contributed by atoms with Gasteiger partial charge >= 0.3 is 5.69 Å². The first kappa shape index (κ1) is 28.5. The minimum Gasteiger partial charge on any atom is -0.272 e. The van der Waals surface area contributed by atoms with Crippen LogP contribution >= 0.6 is 11.8 Å². The largest absolute Gasteiger partial charge is 0.301 e. The zero-order chi connectivity index (χ0) is 30.3. The fourth-order valence-corrected chi connectivity index (χ4v) is 4.83. The van der Waals surface area contributed by atoms with Gasteiger partial charge < -0.3 is 0 Å². The zero-order valence-corrected chi connectivity index (χ0v) is 22.7. The Bertz CT molecular complexity index is 1810. The molecule has 0 fully saturated rings. The lowest BCUT2D eigenvalue weighted by atomic mass is 10.1. The number of aromatic nitrogens is 2. The number of anilines is 1. The SMILES string of the molecule is O=[N+]([O-])c1ccc(Sc2nc(-c3ccccc3)cc(-c3ccccc3)n2)c(/C=N\Nc2ccc([N+](=O)[O-])cc2[N+](=O)[O-])c1. The molecule has 0 unspecified atom stereocenters. The molecule has 0 aliphatic rings. The summed E-state index contributed by atoms with van der Waals surface area (Å²) in [4.78, 5) is 41.9. The predicted octanol–water partition coefficient (Wildman–Crippen LogP) is 7.13. The van der Waals surface area contributed by atoms with Gasteiger partial charge in [-0.1, -0.05) is 60.7 Å². The minimum absolute atomic E-state index is 0.0992. The number of hydrogen-bond acceptors (Lipinski definition) is 11. The number of benzene rings is 4. The molecule has 0 spiro atoms. The molecule has 1 heterocycles. The van der Waals surface area contributed by atoms with Crippen molar-refractivity contribution in [3.63, 3.8) is 0 Å². The van der Waals surface area contributed by atoms with Gasteiger partial charge in [-0.3, -0.25) is 35.8 Å². The lowest BCUT2D eigenvalue weighted by Gasteiger charge is -2.10. The maximum Gasteiger partial charge on any atom is 0.301 e. The van der Waals surface area contributed by atoms with Crippen molar-refractivity contribution >= 4 is 40.7 Å². The van der Waals surface area contributed by atoms with Gasteiger partial charge in [0.2, 0.25) is 0 Å². The molecule has 212 valence electrons. The highest BCUT2D eigenvalue weighted by Gasteiger charge is 2.19. The quantitative estimate of drug-likeness (QED) is 0.0757. The molecule has 0 saturated heterocycles. The summed E-state index contributed by atoms with van der Waals surface area (Å²) in [7, 11) is 0. The molecular weight excluding hydrogens is 574 g/mol. The second-order valence-electron chi connectivity index (χ2n) is 8.82. The van der Waals surface area contributed by atoms with Gasteiger partial charge in [-0.15, -0.1) is 0 Å². The smallest absolute Gasteiger partial charge is 0.272 e. The van der Waals surface area contributed by atoms with E-state index in [1.807, 2.05) is 66.7 Å². The number of hydrazone groups is 1. The van der Waals surface area contributed by atoms with Crippen molar-refractivity contribution in [2.45, 2.75) is 10.1 Å². The van der Waals surface area contributed by atoms with Crippen LogP contribution in [0.5, 0.6) is 0 Å². The summed E-state index contributed by atoms with van der Waals surface area (Å²) >= 11 is 1.16. The van der Waals surface area contributed by atoms with E-state index in [2.05, 4.69) is 10.5 Å². The first-order valence-electron chi connectivity index (χ1n) is 12.5. The van der Waals surface area contributed by atoms with Crippen LogP contribution in [0.1, 0.15) is 5.56 Å². The number of nitro benzene ring substituents is 3. The zero-order valence-electron chi connectivity index (χ0n) is 21.9. The first-order valence-corrected chi connectivity index (χ1v) is 13.3. The summed E-state index contributed by atoms with van der Waals surface area (Å²) in [6, 6.07) is 28.3. The topological polar surface area (TPSA) is 180 Å². The summed E-state index contributed by atoms with van der Waals surface area (Å²) < 4.78 is 0. The molecule has 4 aromatic carbocycles. The van der Waals surface area contributed by atoms with Gasteiger partial charge in [0, 0.05) is 39.8 Å². The van der Waals surface area contributed by atoms with Crippen LogP contribution in [-0.4, -0.2) is 31.0 Å². The van der Waals surface area contributed by atoms with Crippen LogP contribution in [0.15, 0.2) is 118 Å². The van der Waals surface area contributed by atoms with E-state index in [0.717, 1.165) is 41.1 Å². The lowest BCUT2D eigenvalue weighted by molar-refractivity contribution is -0.393. The van der Waals surface area contributed by atoms with Gasteiger partial charge in [-0.2, -0.15) is 5.10 Å². The van der Waals surface area contributed by atoms with E-state index >= 15 is 0 Å². The molecule has 5 aromatic rings. The van der Waals surface area contributed by atoms with Crippen LogP contribution in [0.3, 0.4) is 0 Å². The number of nitrogens with zero attached hydrogens (tertiary/aromatic N) is 6. The predicted molar refractivity (Wildman–Crippen MR) is 161 cm³/mol. The highest BCUT2D eigenvalue weighted by atomic mass is 32.2. The molecule has 0 aliphatic heterocycles. The summed E-state index contributed by atoms with van der Waals surface area (Å²) in [6.07, 6.45) is 1.26. The molecule has 1 aromatic heterocycles. The van der Waals surface area contributed by atoms with Crippen LogP contribution in [0.2, 0.25) is 0 Å². The summed E-state index contributed by atoms with van der Waals surface area (Å²) in [5.74, 6) is 0. The molecule has 0 amide bonds. The van der Waals surface area contributed by atoms with Crippen LogP contribution in [0.4, 0.5) is 22.7 Å². The Morgan fingerprint density at radius 1 is 0.674 bits per heavy atom. The molecule has 0 radical (unpaired) electrons. The molecule has 14 heteroatoms. The highest BCUT2D eigenvalue weighted by Crippen LogP contribution is 2.34. The third-order valence-electron chi connectivity index (χ3n) is 6.03. The van der Waals surface area contributed by atoms with E-state index < -0.39 is 26.1 Å². The second kappa shape index (κ2) is 12.7. The maximum absolute atomic E-state index is 11.5. The van der Waals surface area contributed by atoms with E-state index in [-0.39, 0.29) is 11.4 Å². The van der Waals surface area contributed by atoms with Crippen LogP contribution < -0.4 is 5.43 Å². The van der Waals surface area contributed by atoms with Crippen molar-refractivity contribution in [3.05, 3.63) is 139 Å². The Kier molecular flexibility index (Phi) is 8.39. The van der Waals surface area contributed by atoms with Gasteiger partial charge in [-0.25, -0.2) is 9.97 Å². The van der Waals surface area contributed by atoms with Gasteiger partial charge in [0.05, 0.1) is 38.4 Å². The average molecular weight is 594 g/mol. The average Bonchev–Trinajstić information content (AvgIpc) is 3.02. The molecule has 0 saturated carbocycles. The van der Waals surface area contributed by atoms with Crippen LogP contribution in [0, 0.1) is 30.3 Å². The fourth-order valence-electron chi connectivity index (χ4n) is 3.98. The Morgan fingerprint density at radius 2 is 1.23 bits per heavy atom. The van der Waals surface area contributed by atoms with Crippen LogP contribution in [0.25, 0.3) is 22.5 Å². The van der Waals surface area contributed by atoms with Crippen molar-refractivity contribution in [1.29, 1.82) is 0 Å². The first-order chi connectivity index (χ1) is 20.8. The molecule has 0 aliphatic carbocycles. The van der Waals surface area contributed by atoms with Gasteiger partial charge in [0.1, 0.15) is 5.69 Å². The van der Waals surface area contributed by atoms with Crippen molar-refractivity contribution in [1.82, 2.24) is 9.97 Å². The lowest BCUT2D eigenvalue weighted by Crippen LogP contribution is -2.00. The summed E-state index contributed by atoms with van der Waals surface area (Å²) in [5.41, 5.74) is 4.63. The van der Waals surface area contributed by atoms with Crippen molar-refractivity contribution < 1.29 is 14.8 Å².